The Balaban J connectivity index is 1.62. The maximum absolute atomic E-state index is 13.2. The molecule has 0 aliphatic heterocycles. The molecule has 4 fully saturated rings. The van der Waals surface area contributed by atoms with Crippen LogP contribution in [0, 0.1) is 46.3 Å². The van der Waals surface area contributed by atoms with Crippen molar-refractivity contribution in [2.24, 2.45) is 63.5 Å². The molecule has 12 nitrogen and oxygen atoms in total. The SMILES string of the molecule is C[C@H](CCC(=O)OCC[N+](C)(C)C)[C@H]1CC[C@H]2[C@@H]3[C@H](OC(=O)CCN)C[C@@H]4C[C@H](OC(=O)CCN)CC[C@]4(C)[C@H]3C[C@H](OC(=O)CCN)[C@]12C. The largest absolute Gasteiger partial charge is 0.462 e. The van der Waals surface area contributed by atoms with Gasteiger partial charge in [-0.3, -0.25) is 19.2 Å². The second kappa shape index (κ2) is 17.0. The lowest BCUT2D eigenvalue weighted by atomic mass is 9.43. The number of hydrogen-bond acceptors (Lipinski definition) is 11. The van der Waals surface area contributed by atoms with Gasteiger partial charge in [0, 0.05) is 37.4 Å². The zero-order valence-corrected chi connectivity index (χ0v) is 31.7. The summed E-state index contributed by atoms with van der Waals surface area (Å²) in [7, 11) is 6.21. The minimum atomic E-state index is -0.380. The summed E-state index contributed by atoms with van der Waals surface area (Å²) in [5.74, 6) is -0.105. The summed E-state index contributed by atoms with van der Waals surface area (Å²) in [5, 5.41) is 0. The average molecular weight is 708 g/mol. The van der Waals surface area contributed by atoms with Gasteiger partial charge >= 0.3 is 23.9 Å². The van der Waals surface area contributed by atoms with Crippen molar-refractivity contribution >= 4 is 23.9 Å². The normalized spacial score (nSPS) is 35.5. The molecule has 0 bridgehead atoms. The molecule has 4 aliphatic carbocycles. The highest BCUT2D eigenvalue weighted by Crippen LogP contribution is 2.69. The Bertz CT molecular complexity index is 1190. The number of carbonyl (C=O) groups is 4. The van der Waals surface area contributed by atoms with Crippen LogP contribution in [0.2, 0.25) is 0 Å². The quantitative estimate of drug-likeness (QED) is 0.122. The van der Waals surface area contributed by atoms with Gasteiger partial charge in [-0.05, 0) is 86.4 Å². The zero-order chi connectivity index (χ0) is 36.9. The fourth-order valence-corrected chi connectivity index (χ4v) is 10.6. The van der Waals surface area contributed by atoms with Gasteiger partial charge in [-0.25, -0.2) is 0 Å². The first kappa shape index (κ1) is 40.5. The molecule has 4 rings (SSSR count). The number of nitrogens with two attached hydrogens (primary N) is 3. The van der Waals surface area contributed by atoms with Crippen molar-refractivity contribution in [3.63, 3.8) is 0 Å². The summed E-state index contributed by atoms with van der Waals surface area (Å²) in [6.45, 7) is 8.68. The van der Waals surface area contributed by atoms with Crippen molar-refractivity contribution in [2.75, 3.05) is 53.9 Å². The van der Waals surface area contributed by atoms with Crippen LogP contribution < -0.4 is 17.2 Å². The average Bonchev–Trinajstić information content (AvgIpc) is 3.38. The fourth-order valence-electron chi connectivity index (χ4n) is 10.6. The highest BCUT2D eigenvalue weighted by atomic mass is 16.6. The van der Waals surface area contributed by atoms with Crippen molar-refractivity contribution in [1.29, 1.82) is 0 Å². The molecule has 11 atom stereocenters. The predicted molar refractivity (Wildman–Crippen MR) is 189 cm³/mol. The maximum Gasteiger partial charge on any atom is 0.307 e. The van der Waals surface area contributed by atoms with Crippen LogP contribution in [0.4, 0.5) is 0 Å². The Morgan fingerprint density at radius 2 is 1.38 bits per heavy atom. The first-order valence-electron chi connectivity index (χ1n) is 19.2. The van der Waals surface area contributed by atoms with Gasteiger partial charge in [-0.15, -0.1) is 0 Å². The molecule has 4 aliphatic rings. The van der Waals surface area contributed by atoms with Crippen LogP contribution >= 0.6 is 0 Å². The molecular formula is C38H67N4O8+. The van der Waals surface area contributed by atoms with Crippen LogP contribution in [-0.4, -0.2) is 101 Å². The van der Waals surface area contributed by atoms with Crippen molar-refractivity contribution in [1.82, 2.24) is 0 Å². The van der Waals surface area contributed by atoms with Crippen LogP contribution in [-0.2, 0) is 38.1 Å². The lowest BCUT2D eigenvalue weighted by Gasteiger charge is -2.64. The summed E-state index contributed by atoms with van der Waals surface area (Å²) in [4.78, 5) is 51.5. The monoisotopic (exact) mass is 707 g/mol. The van der Waals surface area contributed by atoms with Gasteiger partial charge in [-0.1, -0.05) is 20.8 Å². The number of nitrogens with zero attached hydrogens (tertiary/aromatic N) is 1. The summed E-state index contributed by atoms with van der Waals surface area (Å²) < 4.78 is 25.0. The molecule has 286 valence electrons. The summed E-state index contributed by atoms with van der Waals surface area (Å²) >= 11 is 0. The van der Waals surface area contributed by atoms with E-state index in [0.29, 0.717) is 38.7 Å². The lowest BCUT2D eigenvalue weighted by molar-refractivity contribution is -0.870. The van der Waals surface area contributed by atoms with Gasteiger partial charge in [0.05, 0.1) is 40.4 Å². The lowest BCUT2D eigenvalue weighted by Crippen LogP contribution is -2.63. The van der Waals surface area contributed by atoms with Gasteiger partial charge in [-0.2, -0.15) is 0 Å². The van der Waals surface area contributed by atoms with E-state index in [4.69, 9.17) is 36.1 Å². The third-order valence-corrected chi connectivity index (χ3v) is 13.2. The standard InChI is InChI=1S/C38H67N4O8/c1-24(7-10-32(43)47-20-19-42(4,5)6)27-8-9-28-36-29(23-31(38(27,28)3)50-35(46)14-18-41)37(2)15-11-26(48-33(44)12-16-39)21-25(37)22-30(36)49-34(45)13-17-40/h24-31,36H,7-23,39-41H2,1-6H3/q+1/t24-,25+,26-,27-,28+,29+,30-,31+,36+,37+,38-/m1/s1. The van der Waals surface area contributed by atoms with Crippen LogP contribution in [0.15, 0.2) is 0 Å². The van der Waals surface area contributed by atoms with Crippen LogP contribution in [0.5, 0.6) is 0 Å². The van der Waals surface area contributed by atoms with E-state index < -0.39 is 0 Å². The number of carbonyl (C=O) groups excluding carboxylic acids is 4. The Kier molecular flexibility index (Phi) is 13.8. The molecule has 4 saturated carbocycles. The van der Waals surface area contributed by atoms with Crippen molar-refractivity contribution in [3.05, 3.63) is 0 Å². The number of quaternary nitrogens is 1. The molecule has 0 heterocycles. The first-order valence-corrected chi connectivity index (χ1v) is 19.2. The maximum atomic E-state index is 13.2. The smallest absolute Gasteiger partial charge is 0.307 e. The number of esters is 4. The van der Waals surface area contributed by atoms with Crippen molar-refractivity contribution < 1.29 is 42.6 Å². The van der Waals surface area contributed by atoms with E-state index in [-0.39, 0.29) is 127 Å². The minimum Gasteiger partial charge on any atom is -0.462 e. The molecule has 6 N–H and O–H groups in total. The summed E-state index contributed by atoms with van der Waals surface area (Å²) in [5.41, 5.74) is 16.7. The van der Waals surface area contributed by atoms with E-state index >= 15 is 0 Å². The molecule has 50 heavy (non-hydrogen) atoms. The van der Waals surface area contributed by atoms with E-state index in [1.165, 1.54) is 0 Å². The molecule has 12 heteroatoms. The van der Waals surface area contributed by atoms with Gasteiger partial charge in [0.1, 0.15) is 31.5 Å². The number of fused-ring (bicyclic) bond motifs is 5. The molecule has 0 spiro atoms. The predicted octanol–water partition coefficient (Wildman–Crippen LogP) is 3.31. The second-order valence-electron chi connectivity index (χ2n) is 17.3. The number of ether oxygens (including phenoxy) is 4. The number of hydrogen-bond donors (Lipinski definition) is 3. The first-order chi connectivity index (χ1) is 23.6. The molecule has 0 saturated heterocycles. The highest BCUT2D eigenvalue weighted by Gasteiger charge is 2.67. The Morgan fingerprint density at radius 3 is 2.00 bits per heavy atom. The third-order valence-electron chi connectivity index (χ3n) is 13.2. The van der Waals surface area contributed by atoms with Crippen LogP contribution in [0.1, 0.15) is 97.8 Å². The van der Waals surface area contributed by atoms with Gasteiger partial charge in [0.25, 0.3) is 0 Å². The van der Waals surface area contributed by atoms with E-state index in [2.05, 4.69) is 41.9 Å². The van der Waals surface area contributed by atoms with Crippen LogP contribution in [0.25, 0.3) is 0 Å². The van der Waals surface area contributed by atoms with Gasteiger partial charge in [0.2, 0.25) is 0 Å². The third kappa shape index (κ3) is 9.19. The highest BCUT2D eigenvalue weighted by molar-refractivity contribution is 5.71. The Hall–Kier alpha value is -2.28. The van der Waals surface area contributed by atoms with E-state index in [1.807, 2.05) is 0 Å². The molecule has 0 aromatic carbocycles. The van der Waals surface area contributed by atoms with Gasteiger partial charge < -0.3 is 40.6 Å². The summed E-state index contributed by atoms with van der Waals surface area (Å²) in [6, 6.07) is 0. The zero-order valence-electron chi connectivity index (χ0n) is 31.7. The van der Waals surface area contributed by atoms with Crippen molar-refractivity contribution in [3.8, 4) is 0 Å². The minimum absolute atomic E-state index is 0.0847. The number of rotatable bonds is 16. The summed E-state index contributed by atoms with van der Waals surface area (Å²) in [6.07, 6.45) is 6.23. The Morgan fingerprint density at radius 1 is 0.760 bits per heavy atom. The van der Waals surface area contributed by atoms with E-state index in [1.54, 1.807) is 0 Å². The van der Waals surface area contributed by atoms with E-state index in [9.17, 15) is 19.2 Å². The Labute approximate surface area is 299 Å². The van der Waals surface area contributed by atoms with Gasteiger partial charge in [0.15, 0.2) is 0 Å². The molecule has 0 amide bonds. The van der Waals surface area contributed by atoms with Crippen molar-refractivity contribution in [2.45, 2.75) is 116 Å². The topological polar surface area (TPSA) is 183 Å². The fraction of sp³-hybridized carbons (Fsp3) is 0.895. The molecular weight excluding hydrogens is 640 g/mol. The van der Waals surface area contributed by atoms with Crippen LogP contribution in [0.3, 0.4) is 0 Å². The number of likely N-dealkylation sites (N-methyl/N-ethyl adjacent to an activating group) is 1. The van der Waals surface area contributed by atoms with E-state index in [0.717, 1.165) is 36.7 Å². The molecule has 0 aromatic heterocycles. The second-order valence-corrected chi connectivity index (χ2v) is 17.3. The molecule has 0 radical (unpaired) electrons. The molecule has 0 unspecified atom stereocenters. The molecule has 0 aromatic rings.